The van der Waals surface area contributed by atoms with Crippen LogP contribution in [-0.4, -0.2) is 44.2 Å². The van der Waals surface area contributed by atoms with E-state index in [-0.39, 0.29) is 6.61 Å². The molecule has 124 valence electrons. The van der Waals surface area contributed by atoms with Crippen molar-refractivity contribution in [2.24, 2.45) is 0 Å². The molecule has 0 aliphatic carbocycles. The summed E-state index contributed by atoms with van der Waals surface area (Å²) in [7, 11) is -5.74. The fourth-order valence-corrected chi connectivity index (χ4v) is 8.56. The second-order valence-corrected chi connectivity index (χ2v) is 11.9. The van der Waals surface area contributed by atoms with E-state index < -0.39 is 17.7 Å². The van der Waals surface area contributed by atoms with Crippen LogP contribution in [0.15, 0.2) is 0 Å². The van der Waals surface area contributed by atoms with Crippen molar-refractivity contribution in [3.8, 4) is 0 Å². The van der Waals surface area contributed by atoms with Crippen LogP contribution in [0.25, 0.3) is 0 Å². The Labute approximate surface area is 126 Å². The van der Waals surface area contributed by atoms with E-state index in [1.165, 1.54) is 57.0 Å². The number of rotatable bonds is 13. The fraction of sp³-hybridized carbons (Fsp3) is 1.00. The molecule has 0 saturated heterocycles. The predicted octanol–water partition coefficient (Wildman–Crippen LogP) is 3.96. The molecule has 0 amide bonds. The van der Waals surface area contributed by atoms with Gasteiger partial charge in [0, 0.05) is 0 Å². The Morgan fingerprint density at radius 3 is 1.55 bits per heavy atom. The molecular formula is C14H33O4PS. The van der Waals surface area contributed by atoms with Crippen LogP contribution in [0.2, 0.25) is 0 Å². The van der Waals surface area contributed by atoms with Crippen molar-refractivity contribution in [1.29, 1.82) is 0 Å². The first-order valence-electron chi connectivity index (χ1n) is 8.01. The Hall–Kier alpha value is 0.300. The maximum atomic E-state index is 10.7. The van der Waals surface area contributed by atoms with Gasteiger partial charge in [-0.05, 0) is 0 Å². The van der Waals surface area contributed by atoms with Crippen LogP contribution in [-0.2, 0) is 14.6 Å². The molecule has 0 bridgehead atoms. The minimum atomic E-state index is -4.29. The second kappa shape index (κ2) is 10.9. The van der Waals surface area contributed by atoms with Crippen LogP contribution in [0.5, 0.6) is 0 Å². The first-order valence-corrected chi connectivity index (χ1v) is 12.2. The van der Waals surface area contributed by atoms with Crippen LogP contribution >= 0.6 is 7.26 Å². The Kier molecular flexibility index (Phi) is 11.1. The van der Waals surface area contributed by atoms with Crippen molar-refractivity contribution in [3.63, 3.8) is 0 Å². The van der Waals surface area contributed by atoms with Crippen molar-refractivity contribution >= 4 is 17.7 Å². The van der Waals surface area contributed by atoms with E-state index in [1.54, 1.807) is 0 Å². The van der Waals surface area contributed by atoms with Crippen LogP contribution in [0.3, 0.4) is 0 Å². The van der Waals surface area contributed by atoms with Crippen LogP contribution in [0, 0.1) is 0 Å². The Morgan fingerprint density at radius 2 is 1.25 bits per heavy atom. The molecule has 20 heavy (non-hydrogen) atoms. The SMILES string of the molecule is CCCC[PH](CCCC)(CCCC)CCOS(=O)(=O)O. The Morgan fingerprint density at radius 1 is 0.850 bits per heavy atom. The third-order valence-electron chi connectivity index (χ3n) is 4.05. The van der Waals surface area contributed by atoms with Gasteiger partial charge in [-0.2, -0.15) is 0 Å². The summed E-state index contributed by atoms with van der Waals surface area (Å²) in [6.07, 6.45) is 11.9. The molecule has 0 aromatic rings. The van der Waals surface area contributed by atoms with E-state index in [4.69, 9.17) is 4.55 Å². The van der Waals surface area contributed by atoms with Gasteiger partial charge in [0.15, 0.2) is 0 Å². The van der Waals surface area contributed by atoms with Gasteiger partial charge in [-0.1, -0.05) is 0 Å². The maximum absolute atomic E-state index is 10.7. The van der Waals surface area contributed by atoms with Gasteiger partial charge in [-0.3, -0.25) is 0 Å². The Bertz CT molecular complexity index is 308. The number of unbranched alkanes of at least 4 members (excludes halogenated alkanes) is 3. The molecule has 0 radical (unpaired) electrons. The average molecular weight is 328 g/mol. The minimum absolute atomic E-state index is 0.155. The van der Waals surface area contributed by atoms with E-state index in [2.05, 4.69) is 25.0 Å². The summed E-state index contributed by atoms with van der Waals surface area (Å²) in [5.74, 6) is 0. The topological polar surface area (TPSA) is 63.6 Å². The molecule has 4 nitrogen and oxygen atoms in total. The molecule has 6 heteroatoms. The van der Waals surface area contributed by atoms with Crippen molar-refractivity contribution in [2.45, 2.75) is 59.3 Å². The zero-order chi connectivity index (χ0) is 15.5. The van der Waals surface area contributed by atoms with Gasteiger partial charge in [0.25, 0.3) is 0 Å². The zero-order valence-electron chi connectivity index (χ0n) is 13.4. The molecule has 0 rings (SSSR count). The van der Waals surface area contributed by atoms with Crippen molar-refractivity contribution in [3.05, 3.63) is 0 Å². The molecule has 1 N–H and O–H groups in total. The molecule has 0 fully saturated rings. The van der Waals surface area contributed by atoms with Crippen molar-refractivity contribution < 1.29 is 17.2 Å². The Balaban J connectivity index is 4.65. The summed E-state index contributed by atoms with van der Waals surface area (Å²) in [6, 6.07) is 0. The quantitative estimate of drug-likeness (QED) is 0.411. The van der Waals surface area contributed by atoms with Gasteiger partial charge >= 0.3 is 125 Å². The van der Waals surface area contributed by atoms with Crippen molar-refractivity contribution in [2.75, 3.05) is 31.3 Å². The zero-order valence-corrected chi connectivity index (χ0v) is 15.2. The molecule has 0 atom stereocenters. The number of hydrogen-bond donors (Lipinski definition) is 1. The summed E-state index contributed by atoms with van der Waals surface area (Å²) >= 11 is 0. The molecule has 0 aliphatic heterocycles. The standard InChI is InChI=1S/C14H33O4PS/c1-4-7-11-19(12-8-5-2,13-9-6-3)14-10-18-20(15,16)17/h19H,4-14H2,1-3H3,(H,15,16,17). The summed E-state index contributed by atoms with van der Waals surface area (Å²) in [5.41, 5.74) is 0. The van der Waals surface area contributed by atoms with Gasteiger partial charge in [0.2, 0.25) is 0 Å². The van der Waals surface area contributed by atoms with Gasteiger partial charge in [0.05, 0.1) is 0 Å². The second-order valence-electron chi connectivity index (χ2n) is 5.81. The van der Waals surface area contributed by atoms with Crippen LogP contribution in [0.1, 0.15) is 59.3 Å². The molecule has 0 aromatic heterocycles. The van der Waals surface area contributed by atoms with E-state index in [1.807, 2.05) is 0 Å². The fourth-order valence-electron chi connectivity index (χ4n) is 2.77. The first kappa shape index (κ1) is 20.3. The third-order valence-corrected chi connectivity index (χ3v) is 10.0. The summed E-state index contributed by atoms with van der Waals surface area (Å²) in [5, 5.41) is 0. The van der Waals surface area contributed by atoms with Gasteiger partial charge < -0.3 is 0 Å². The molecule has 0 heterocycles. The van der Waals surface area contributed by atoms with Crippen LogP contribution in [0.4, 0.5) is 0 Å². The van der Waals surface area contributed by atoms with E-state index >= 15 is 0 Å². The van der Waals surface area contributed by atoms with E-state index in [0.29, 0.717) is 0 Å². The first-order chi connectivity index (χ1) is 9.39. The molecule has 0 aliphatic rings. The normalized spacial score (nSPS) is 13.6. The number of hydrogen-bond acceptors (Lipinski definition) is 3. The van der Waals surface area contributed by atoms with Crippen LogP contribution < -0.4 is 0 Å². The summed E-state index contributed by atoms with van der Waals surface area (Å²) in [4.78, 5) is 0. The monoisotopic (exact) mass is 328 g/mol. The molecule has 0 spiro atoms. The van der Waals surface area contributed by atoms with E-state index in [0.717, 1.165) is 6.16 Å². The predicted molar refractivity (Wildman–Crippen MR) is 90.0 cm³/mol. The average Bonchev–Trinajstić information content (AvgIpc) is 2.38. The molecular weight excluding hydrogens is 295 g/mol. The summed E-state index contributed by atoms with van der Waals surface area (Å²) < 4.78 is 34.7. The molecule has 0 aromatic carbocycles. The summed E-state index contributed by atoms with van der Waals surface area (Å²) in [6.45, 7) is 6.76. The van der Waals surface area contributed by atoms with Gasteiger partial charge in [-0.25, -0.2) is 0 Å². The van der Waals surface area contributed by atoms with Gasteiger partial charge in [-0.15, -0.1) is 0 Å². The molecule has 0 saturated carbocycles. The molecule has 0 unspecified atom stereocenters. The van der Waals surface area contributed by atoms with Crippen molar-refractivity contribution in [1.82, 2.24) is 0 Å². The van der Waals surface area contributed by atoms with E-state index in [9.17, 15) is 8.42 Å². The van der Waals surface area contributed by atoms with Gasteiger partial charge in [0.1, 0.15) is 0 Å². The third kappa shape index (κ3) is 10.1.